The molecule has 0 unspecified atom stereocenters. The van der Waals surface area contributed by atoms with Gasteiger partial charge in [0.05, 0.1) is 19.9 Å². The Morgan fingerprint density at radius 2 is 2.12 bits per heavy atom. The van der Waals surface area contributed by atoms with E-state index in [1.807, 2.05) is 19.1 Å². The molecule has 1 aromatic carbocycles. The minimum Gasteiger partial charge on any atom is -0.493 e. The lowest BCUT2D eigenvalue weighted by Gasteiger charge is -2.26. The van der Waals surface area contributed by atoms with Crippen molar-refractivity contribution < 1.29 is 14.0 Å². The van der Waals surface area contributed by atoms with Crippen LogP contribution >= 0.6 is 0 Å². The van der Waals surface area contributed by atoms with Gasteiger partial charge in [-0.2, -0.15) is 0 Å². The van der Waals surface area contributed by atoms with Gasteiger partial charge in [0, 0.05) is 30.1 Å². The highest BCUT2D eigenvalue weighted by molar-refractivity contribution is 5.46. The molecule has 5 heteroatoms. The third kappa shape index (κ3) is 3.00. The zero-order chi connectivity index (χ0) is 17.1. The summed E-state index contributed by atoms with van der Waals surface area (Å²) >= 11 is 0. The summed E-state index contributed by atoms with van der Waals surface area (Å²) in [6, 6.07) is 6.42. The summed E-state index contributed by atoms with van der Waals surface area (Å²) in [5.74, 6) is 2.62. The van der Waals surface area contributed by atoms with Crippen LogP contribution in [0.5, 0.6) is 11.5 Å². The number of hydrogen-bond donors (Lipinski definition) is 0. The van der Waals surface area contributed by atoms with Gasteiger partial charge in [-0.15, -0.1) is 0 Å². The first-order valence-electron chi connectivity index (χ1n) is 8.58. The highest BCUT2D eigenvalue weighted by Crippen LogP contribution is 2.39. The van der Waals surface area contributed by atoms with Crippen molar-refractivity contribution in [2.45, 2.75) is 45.7 Å². The summed E-state index contributed by atoms with van der Waals surface area (Å²) in [4.78, 5) is 2.50. The van der Waals surface area contributed by atoms with Crippen molar-refractivity contribution in [3.8, 4) is 11.5 Å². The molecule has 2 heterocycles. The van der Waals surface area contributed by atoms with E-state index in [0.29, 0.717) is 6.04 Å². The molecule has 3 rings (SSSR count). The van der Waals surface area contributed by atoms with E-state index >= 15 is 0 Å². The average molecular weight is 330 g/mol. The van der Waals surface area contributed by atoms with E-state index in [1.165, 1.54) is 12.0 Å². The molecule has 130 valence electrons. The quantitative estimate of drug-likeness (QED) is 0.804. The van der Waals surface area contributed by atoms with Gasteiger partial charge < -0.3 is 14.0 Å². The van der Waals surface area contributed by atoms with Gasteiger partial charge in [0.2, 0.25) is 0 Å². The molecular weight excluding hydrogens is 304 g/mol. The van der Waals surface area contributed by atoms with Gasteiger partial charge in [-0.3, -0.25) is 4.90 Å². The lowest BCUT2D eigenvalue weighted by Crippen LogP contribution is -2.24. The lowest BCUT2D eigenvalue weighted by molar-refractivity contribution is 0.240. The van der Waals surface area contributed by atoms with Crippen LogP contribution in [0.4, 0.5) is 0 Å². The summed E-state index contributed by atoms with van der Waals surface area (Å²) in [5, 5.41) is 4.19. The van der Waals surface area contributed by atoms with Crippen molar-refractivity contribution in [3.63, 3.8) is 0 Å². The number of rotatable bonds is 6. The summed E-state index contributed by atoms with van der Waals surface area (Å²) in [6.45, 7) is 6.06. The van der Waals surface area contributed by atoms with Crippen LogP contribution in [0.1, 0.15) is 48.4 Å². The van der Waals surface area contributed by atoms with Crippen LogP contribution in [0.3, 0.4) is 0 Å². The molecule has 1 aromatic heterocycles. The number of hydrogen-bond acceptors (Lipinski definition) is 5. The van der Waals surface area contributed by atoms with Crippen molar-refractivity contribution in [2.75, 3.05) is 20.8 Å². The van der Waals surface area contributed by atoms with Crippen LogP contribution in [0.2, 0.25) is 0 Å². The van der Waals surface area contributed by atoms with Gasteiger partial charge in [0.25, 0.3) is 0 Å². The number of benzene rings is 1. The number of nitrogens with zero attached hydrogens (tertiary/aromatic N) is 2. The lowest BCUT2D eigenvalue weighted by atomic mass is 10.0. The van der Waals surface area contributed by atoms with Gasteiger partial charge in [-0.1, -0.05) is 24.2 Å². The van der Waals surface area contributed by atoms with Gasteiger partial charge in [0.15, 0.2) is 11.5 Å². The number of aryl methyl sites for hydroxylation is 2. The minimum atomic E-state index is 0.363. The molecule has 1 aliphatic rings. The second kappa shape index (κ2) is 7.26. The van der Waals surface area contributed by atoms with Crippen LogP contribution in [0, 0.1) is 6.92 Å². The predicted molar refractivity (Wildman–Crippen MR) is 92.5 cm³/mol. The molecule has 0 amide bonds. The van der Waals surface area contributed by atoms with Crippen molar-refractivity contribution in [3.05, 3.63) is 40.8 Å². The molecule has 1 saturated heterocycles. The first-order chi connectivity index (χ1) is 11.7. The van der Waals surface area contributed by atoms with E-state index in [0.717, 1.165) is 54.4 Å². The molecule has 24 heavy (non-hydrogen) atoms. The summed E-state index contributed by atoms with van der Waals surface area (Å²) in [5.41, 5.74) is 3.44. The zero-order valence-electron chi connectivity index (χ0n) is 15.0. The first kappa shape index (κ1) is 16.8. The Bertz CT molecular complexity index is 696. The third-order valence-corrected chi connectivity index (χ3v) is 4.86. The van der Waals surface area contributed by atoms with Gasteiger partial charge in [-0.05, 0) is 32.4 Å². The fourth-order valence-electron chi connectivity index (χ4n) is 3.74. The Kier molecular flexibility index (Phi) is 5.09. The summed E-state index contributed by atoms with van der Waals surface area (Å²) < 4.78 is 16.5. The van der Waals surface area contributed by atoms with E-state index in [2.05, 4.69) is 23.0 Å². The maximum atomic E-state index is 5.59. The number of para-hydroxylation sites is 1. The van der Waals surface area contributed by atoms with Gasteiger partial charge >= 0.3 is 0 Å². The second-order valence-corrected chi connectivity index (χ2v) is 6.24. The number of likely N-dealkylation sites (tertiary alicyclic amines) is 1. The van der Waals surface area contributed by atoms with Crippen LogP contribution < -0.4 is 9.47 Å². The Morgan fingerprint density at radius 1 is 1.29 bits per heavy atom. The molecular formula is C19H26N2O3. The molecule has 5 nitrogen and oxygen atoms in total. The van der Waals surface area contributed by atoms with Crippen molar-refractivity contribution >= 4 is 0 Å². The molecule has 0 aliphatic carbocycles. The normalized spacial score (nSPS) is 18.1. The molecule has 1 atom stereocenters. The van der Waals surface area contributed by atoms with E-state index in [4.69, 9.17) is 14.0 Å². The average Bonchev–Trinajstić information content (AvgIpc) is 3.20. The van der Waals surface area contributed by atoms with E-state index in [1.54, 1.807) is 14.2 Å². The van der Waals surface area contributed by atoms with Crippen LogP contribution in [-0.2, 0) is 13.0 Å². The second-order valence-electron chi connectivity index (χ2n) is 6.24. The molecule has 0 saturated carbocycles. The predicted octanol–water partition coefficient (Wildman–Crippen LogP) is 3.90. The third-order valence-electron chi connectivity index (χ3n) is 4.86. The van der Waals surface area contributed by atoms with Crippen molar-refractivity contribution in [1.82, 2.24) is 10.1 Å². The Morgan fingerprint density at radius 3 is 2.83 bits per heavy atom. The van der Waals surface area contributed by atoms with Crippen LogP contribution in [-0.4, -0.2) is 30.8 Å². The maximum Gasteiger partial charge on any atom is 0.165 e. The van der Waals surface area contributed by atoms with Gasteiger partial charge in [-0.25, -0.2) is 0 Å². The van der Waals surface area contributed by atoms with Crippen LogP contribution in [0.25, 0.3) is 0 Å². The van der Waals surface area contributed by atoms with E-state index < -0.39 is 0 Å². The topological polar surface area (TPSA) is 47.7 Å². The Balaban J connectivity index is 1.89. The summed E-state index contributed by atoms with van der Waals surface area (Å²) in [7, 11) is 3.37. The Hall–Kier alpha value is -2.01. The largest absolute Gasteiger partial charge is 0.493 e. The fraction of sp³-hybridized carbons (Fsp3) is 0.526. The number of ether oxygens (including phenoxy) is 2. The molecule has 1 aliphatic heterocycles. The van der Waals surface area contributed by atoms with Crippen LogP contribution in [0.15, 0.2) is 22.7 Å². The molecule has 2 aromatic rings. The highest BCUT2D eigenvalue weighted by Gasteiger charge is 2.31. The minimum absolute atomic E-state index is 0.363. The molecule has 0 spiro atoms. The van der Waals surface area contributed by atoms with Crippen molar-refractivity contribution in [2.24, 2.45) is 0 Å². The highest BCUT2D eigenvalue weighted by atomic mass is 16.5. The fourth-order valence-corrected chi connectivity index (χ4v) is 3.74. The zero-order valence-corrected chi connectivity index (χ0v) is 15.0. The number of methoxy groups -OCH3 is 2. The summed E-state index contributed by atoms with van der Waals surface area (Å²) in [6.07, 6.45) is 3.20. The maximum absolute atomic E-state index is 5.59. The molecule has 0 N–H and O–H groups in total. The van der Waals surface area contributed by atoms with Crippen molar-refractivity contribution in [1.29, 1.82) is 0 Å². The number of aromatic nitrogens is 1. The Labute approximate surface area is 143 Å². The van der Waals surface area contributed by atoms with Gasteiger partial charge in [0.1, 0.15) is 5.76 Å². The monoisotopic (exact) mass is 330 g/mol. The van der Waals surface area contributed by atoms with E-state index in [-0.39, 0.29) is 0 Å². The SMILES string of the molecule is CCc1onc(C)c1[C@H]1CCCN1Cc1cccc(OC)c1OC. The molecule has 0 bridgehead atoms. The molecule has 0 radical (unpaired) electrons. The molecule has 1 fully saturated rings. The smallest absolute Gasteiger partial charge is 0.165 e. The standard InChI is InChI=1S/C19H26N2O3/c1-5-16-18(13(2)20-24-16)15-9-7-11-21(15)12-14-8-6-10-17(22-3)19(14)23-4/h6,8,10,15H,5,7,9,11-12H2,1-4H3/t15-/m1/s1. The van der Waals surface area contributed by atoms with E-state index in [9.17, 15) is 0 Å². The first-order valence-corrected chi connectivity index (χ1v) is 8.58.